The van der Waals surface area contributed by atoms with E-state index in [2.05, 4.69) is 33.5 Å². The smallest absolute Gasteiger partial charge is 0.156 e. The van der Waals surface area contributed by atoms with Crippen molar-refractivity contribution in [1.29, 1.82) is 0 Å². The molecule has 0 aliphatic heterocycles. The highest BCUT2D eigenvalue weighted by Crippen LogP contribution is 2.19. The van der Waals surface area contributed by atoms with Crippen molar-refractivity contribution in [2.24, 2.45) is 0 Å². The molecule has 0 aliphatic rings. The van der Waals surface area contributed by atoms with Crippen LogP contribution in [0.1, 0.15) is 11.3 Å². The summed E-state index contributed by atoms with van der Waals surface area (Å²) in [6, 6.07) is 12.1. The van der Waals surface area contributed by atoms with Gasteiger partial charge in [-0.2, -0.15) is 5.10 Å². The molecule has 1 aromatic carbocycles. The summed E-state index contributed by atoms with van der Waals surface area (Å²) in [6.07, 6.45) is 3.57. The van der Waals surface area contributed by atoms with Crippen molar-refractivity contribution in [2.45, 2.75) is 13.5 Å². The molecule has 0 atom stereocenters. The van der Waals surface area contributed by atoms with Crippen molar-refractivity contribution >= 4 is 16.6 Å². The van der Waals surface area contributed by atoms with E-state index in [0.29, 0.717) is 6.54 Å². The second-order valence-corrected chi connectivity index (χ2v) is 4.40. The quantitative estimate of drug-likeness (QED) is 0.776. The summed E-state index contributed by atoms with van der Waals surface area (Å²) in [5.41, 5.74) is 2.19. The highest BCUT2D eigenvalue weighted by Gasteiger charge is 2.04. The molecule has 1 N–H and O–H groups in total. The maximum Gasteiger partial charge on any atom is 0.156 e. The Labute approximate surface area is 111 Å². The molecule has 0 fully saturated rings. The number of pyridine rings is 1. The Morgan fingerprint density at radius 3 is 2.89 bits per heavy atom. The number of fused-ring (bicyclic) bond motifs is 1. The van der Waals surface area contributed by atoms with E-state index in [4.69, 9.17) is 0 Å². The molecular weight excluding hydrogens is 236 g/mol. The molecule has 0 saturated carbocycles. The Kier molecular flexibility index (Phi) is 3.06. The average molecular weight is 250 g/mol. The summed E-state index contributed by atoms with van der Waals surface area (Å²) in [7, 11) is 0. The van der Waals surface area contributed by atoms with Crippen LogP contribution >= 0.6 is 0 Å². The SMILES string of the molecule is Cc1cccnc1CNc1nncc2ccccc12. The zero-order valence-corrected chi connectivity index (χ0v) is 10.7. The third-order valence-electron chi connectivity index (χ3n) is 3.11. The van der Waals surface area contributed by atoms with Gasteiger partial charge in [-0.15, -0.1) is 5.10 Å². The highest BCUT2D eigenvalue weighted by atomic mass is 15.2. The van der Waals surface area contributed by atoms with Crippen molar-refractivity contribution in [3.05, 3.63) is 60.0 Å². The van der Waals surface area contributed by atoms with Gasteiger partial charge in [0.15, 0.2) is 5.82 Å². The Bertz CT molecular complexity index is 704. The zero-order chi connectivity index (χ0) is 13.1. The summed E-state index contributed by atoms with van der Waals surface area (Å²) in [4.78, 5) is 4.36. The fourth-order valence-electron chi connectivity index (χ4n) is 2.03. The normalized spacial score (nSPS) is 10.6. The van der Waals surface area contributed by atoms with Crippen molar-refractivity contribution in [2.75, 3.05) is 5.32 Å². The molecule has 0 bridgehead atoms. The molecule has 0 aliphatic carbocycles. The first-order valence-electron chi connectivity index (χ1n) is 6.19. The largest absolute Gasteiger partial charge is 0.362 e. The molecule has 3 aromatic rings. The van der Waals surface area contributed by atoms with Gasteiger partial charge >= 0.3 is 0 Å². The van der Waals surface area contributed by atoms with Gasteiger partial charge in [-0.3, -0.25) is 4.98 Å². The van der Waals surface area contributed by atoms with Crippen molar-refractivity contribution < 1.29 is 0 Å². The average Bonchev–Trinajstić information content (AvgIpc) is 2.46. The Morgan fingerprint density at radius 2 is 2.00 bits per heavy atom. The van der Waals surface area contributed by atoms with E-state index in [1.807, 2.05) is 30.3 Å². The van der Waals surface area contributed by atoms with Crippen LogP contribution in [0.4, 0.5) is 5.82 Å². The third kappa shape index (κ3) is 2.38. The van der Waals surface area contributed by atoms with Crippen LogP contribution in [-0.2, 0) is 6.54 Å². The Balaban J connectivity index is 1.88. The molecule has 94 valence electrons. The molecule has 19 heavy (non-hydrogen) atoms. The lowest BCUT2D eigenvalue weighted by molar-refractivity contribution is 0.977. The van der Waals surface area contributed by atoms with E-state index in [0.717, 1.165) is 22.3 Å². The number of nitrogens with one attached hydrogen (secondary N) is 1. The van der Waals surface area contributed by atoms with E-state index in [1.165, 1.54) is 5.56 Å². The van der Waals surface area contributed by atoms with Gasteiger partial charge in [0.1, 0.15) is 0 Å². The fourth-order valence-corrected chi connectivity index (χ4v) is 2.03. The first-order valence-corrected chi connectivity index (χ1v) is 6.19. The number of hydrogen-bond donors (Lipinski definition) is 1. The minimum Gasteiger partial charge on any atom is -0.362 e. The number of nitrogens with zero attached hydrogens (tertiary/aromatic N) is 3. The maximum atomic E-state index is 4.36. The van der Waals surface area contributed by atoms with Crippen molar-refractivity contribution in [3.8, 4) is 0 Å². The van der Waals surface area contributed by atoms with Gasteiger partial charge in [0.2, 0.25) is 0 Å². The molecule has 0 unspecified atom stereocenters. The summed E-state index contributed by atoms with van der Waals surface area (Å²) in [5, 5.41) is 13.6. The molecule has 0 amide bonds. The molecule has 4 nitrogen and oxygen atoms in total. The van der Waals surface area contributed by atoms with Crippen LogP contribution in [0.25, 0.3) is 10.8 Å². The van der Waals surface area contributed by atoms with E-state index < -0.39 is 0 Å². The van der Waals surface area contributed by atoms with Gasteiger partial charge in [0, 0.05) is 17.0 Å². The Morgan fingerprint density at radius 1 is 1.11 bits per heavy atom. The van der Waals surface area contributed by atoms with Crippen LogP contribution in [0, 0.1) is 6.92 Å². The van der Waals surface area contributed by atoms with E-state index in [-0.39, 0.29) is 0 Å². The predicted octanol–water partition coefficient (Wildman–Crippen LogP) is 2.95. The number of hydrogen-bond acceptors (Lipinski definition) is 4. The topological polar surface area (TPSA) is 50.7 Å². The lowest BCUT2D eigenvalue weighted by Crippen LogP contribution is -2.05. The van der Waals surface area contributed by atoms with Crippen LogP contribution in [0.3, 0.4) is 0 Å². The van der Waals surface area contributed by atoms with Gasteiger partial charge in [0.25, 0.3) is 0 Å². The minimum absolute atomic E-state index is 0.648. The highest BCUT2D eigenvalue weighted by molar-refractivity contribution is 5.90. The number of benzene rings is 1. The van der Waals surface area contributed by atoms with Crippen molar-refractivity contribution in [3.63, 3.8) is 0 Å². The van der Waals surface area contributed by atoms with Gasteiger partial charge < -0.3 is 5.32 Å². The van der Waals surface area contributed by atoms with E-state index in [9.17, 15) is 0 Å². The summed E-state index contributed by atoms with van der Waals surface area (Å²) in [6.45, 7) is 2.70. The zero-order valence-electron chi connectivity index (χ0n) is 10.7. The van der Waals surface area contributed by atoms with Gasteiger partial charge in [-0.25, -0.2) is 0 Å². The number of rotatable bonds is 3. The predicted molar refractivity (Wildman–Crippen MR) is 75.8 cm³/mol. The minimum atomic E-state index is 0.648. The molecule has 2 heterocycles. The van der Waals surface area contributed by atoms with Gasteiger partial charge in [-0.05, 0) is 18.6 Å². The van der Waals surface area contributed by atoms with Crippen molar-refractivity contribution in [1.82, 2.24) is 15.2 Å². The monoisotopic (exact) mass is 250 g/mol. The van der Waals surface area contributed by atoms with E-state index in [1.54, 1.807) is 12.4 Å². The molecule has 0 radical (unpaired) electrons. The van der Waals surface area contributed by atoms with Gasteiger partial charge in [-0.1, -0.05) is 30.3 Å². The second kappa shape index (κ2) is 5.02. The lowest BCUT2D eigenvalue weighted by atomic mass is 10.2. The summed E-state index contributed by atoms with van der Waals surface area (Å²) < 4.78 is 0. The van der Waals surface area contributed by atoms with Crippen LogP contribution in [0.15, 0.2) is 48.8 Å². The van der Waals surface area contributed by atoms with E-state index >= 15 is 0 Å². The Hall–Kier alpha value is -2.49. The van der Waals surface area contributed by atoms with Crippen LogP contribution < -0.4 is 5.32 Å². The maximum absolute atomic E-state index is 4.36. The molecule has 0 spiro atoms. The molecule has 0 saturated heterocycles. The van der Waals surface area contributed by atoms with Crippen LogP contribution in [-0.4, -0.2) is 15.2 Å². The molecule has 3 rings (SSSR count). The number of aryl methyl sites for hydroxylation is 1. The first kappa shape index (κ1) is 11.6. The summed E-state index contributed by atoms with van der Waals surface area (Å²) in [5.74, 6) is 0.795. The summed E-state index contributed by atoms with van der Waals surface area (Å²) >= 11 is 0. The van der Waals surface area contributed by atoms with Gasteiger partial charge in [0.05, 0.1) is 18.4 Å². The third-order valence-corrected chi connectivity index (χ3v) is 3.11. The lowest BCUT2D eigenvalue weighted by Gasteiger charge is -2.08. The number of anilines is 1. The van der Waals surface area contributed by atoms with Crippen LogP contribution in [0.5, 0.6) is 0 Å². The second-order valence-electron chi connectivity index (χ2n) is 4.40. The standard InChI is InChI=1S/C15H14N4/c1-11-5-4-8-16-14(11)10-17-15-13-7-3-2-6-12(13)9-18-19-15/h2-9H,10H2,1H3,(H,17,19). The first-order chi connectivity index (χ1) is 9.34. The molecular formula is C15H14N4. The fraction of sp³-hybridized carbons (Fsp3) is 0.133. The number of aromatic nitrogens is 3. The van der Waals surface area contributed by atoms with Crippen LogP contribution in [0.2, 0.25) is 0 Å². The molecule has 2 aromatic heterocycles. The molecule has 4 heteroatoms.